The highest BCUT2D eigenvalue weighted by molar-refractivity contribution is 6.35. The third-order valence-corrected chi connectivity index (χ3v) is 4.16. The van der Waals surface area contributed by atoms with E-state index in [0.29, 0.717) is 16.6 Å². The molecule has 0 spiro atoms. The zero-order valence-corrected chi connectivity index (χ0v) is 13.0. The van der Waals surface area contributed by atoms with Crippen molar-refractivity contribution in [2.45, 2.75) is 25.4 Å². The molecular weight excluding hydrogens is 299 g/mol. The summed E-state index contributed by atoms with van der Waals surface area (Å²) in [5.74, 6) is -0.115. The minimum absolute atomic E-state index is 0.112. The summed E-state index contributed by atoms with van der Waals surface area (Å²) in [7, 11) is 1.53. The fourth-order valence-electron chi connectivity index (χ4n) is 2.67. The van der Waals surface area contributed by atoms with Gasteiger partial charge in [0, 0.05) is 23.7 Å². The molecule has 1 amide bonds. The number of carbonyl (C=O) groups is 1. The van der Waals surface area contributed by atoms with E-state index in [2.05, 4.69) is 0 Å². The van der Waals surface area contributed by atoms with E-state index in [0.717, 1.165) is 17.5 Å². The van der Waals surface area contributed by atoms with Gasteiger partial charge in [-0.1, -0.05) is 23.2 Å². The second kappa shape index (κ2) is 6.31. The van der Waals surface area contributed by atoms with Crippen molar-refractivity contribution in [1.29, 1.82) is 0 Å². The largest absolute Gasteiger partial charge is 0.383 e. The van der Waals surface area contributed by atoms with Crippen molar-refractivity contribution in [2.75, 3.05) is 20.3 Å². The molecule has 1 heterocycles. The first kappa shape index (κ1) is 15.6. The van der Waals surface area contributed by atoms with Crippen LogP contribution in [0.1, 0.15) is 24.1 Å². The average molecular weight is 317 g/mol. The Hall–Kier alpha value is -0.810. The molecule has 20 heavy (non-hydrogen) atoms. The normalized spacial score (nSPS) is 19.6. The number of methoxy groups -OCH3 is 1. The van der Waals surface area contributed by atoms with Gasteiger partial charge in [0.2, 0.25) is 5.91 Å². The average Bonchev–Trinajstić information content (AvgIpc) is 2.37. The molecule has 2 N–H and O–H groups in total. The lowest BCUT2D eigenvalue weighted by Gasteiger charge is -2.37. The van der Waals surface area contributed by atoms with Crippen LogP contribution in [0.15, 0.2) is 12.1 Å². The maximum Gasteiger partial charge on any atom is 0.242 e. The zero-order chi connectivity index (χ0) is 14.9. The SMILES string of the molecule is COCC(N)C(=O)N1CCc2cc(Cl)cc(Cl)c2C1C. The van der Waals surface area contributed by atoms with E-state index < -0.39 is 6.04 Å². The summed E-state index contributed by atoms with van der Waals surface area (Å²) in [5, 5.41) is 1.22. The molecule has 0 radical (unpaired) electrons. The van der Waals surface area contributed by atoms with Gasteiger partial charge in [-0.2, -0.15) is 0 Å². The van der Waals surface area contributed by atoms with Crippen LogP contribution in [0, 0.1) is 0 Å². The number of nitrogens with zero attached hydrogens (tertiary/aromatic N) is 1. The van der Waals surface area contributed by atoms with Gasteiger partial charge in [-0.25, -0.2) is 0 Å². The van der Waals surface area contributed by atoms with Crippen LogP contribution in [-0.4, -0.2) is 37.1 Å². The van der Waals surface area contributed by atoms with Crippen LogP contribution >= 0.6 is 23.2 Å². The summed E-state index contributed by atoms with van der Waals surface area (Å²) in [6, 6.07) is 2.87. The van der Waals surface area contributed by atoms with Crippen LogP contribution in [-0.2, 0) is 16.0 Å². The maximum absolute atomic E-state index is 12.3. The van der Waals surface area contributed by atoms with E-state index in [9.17, 15) is 4.79 Å². The molecule has 0 saturated carbocycles. The first-order valence-corrected chi connectivity index (χ1v) is 7.24. The van der Waals surface area contributed by atoms with Crippen LogP contribution in [0.4, 0.5) is 0 Å². The molecule has 2 rings (SSSR count). The Balaban J connectivity index is 2.27. The lowest BCUT2D eigenvalue weighted by Crippen LogP contribution is -2.49. The molecule has 6 heteroatoms. The van der Waals surface area contributed by atoms with Crippen LogP contribution in [0.5, 0.6) is 0 Å². The van der Waals surface area contributed by atoms with Crippen LogP contribution in [0.2, 0.25) is 10.0 Å². The van der Waals surface area contributed by atoms with Gasteiger partial charge in [0.25, 0.3) is 0 Å². The highest BCUT2D eigenvalue weighted by Crippen LogP contribution is 2.37. The number of carbonyl (C=O) groups excluding carboxylic acids is 1. The first-order chi connectivity index (χ1) is 9.45. The molecule has 1 aliphatic rings. The van der Waals surface area contributed by atoms with E-state index in [1.807, 2.05) is 13.0 Å². The van der Waals surface area contributed by atoms with Crippen molar-refractivity contribution in [1.82, 2.24) is 4.90 Å². The van der Waals surface area contributed by atoms with Crippen molar-refractivity contribution in [2.24, 2.45) is 5.73 Å². The van der Waals surface area contributed by atoms with Crippen molar-refractivity contribution < 1.29 is 9.53 Å². The molecule has 2 unspecified atom stereocenters. The smallest absolute Gasteiger partial charge is 0.242 e. The summed E-state index contributed by atoms with van der Waals surface area (Å²) >= 11 is 12.3. The van der Waals surface area contributed by atoms with Crippen molar-refractivity contribution in [3.8, 4) is 0 Å². The summed E-state index contributed by atoms with van der Waals surface area (Å²) in [6.07, 6.45) is 0.728. The predicted octanol–water partition coefficient (Wildman–Crippen LogP) is 2.41. The molecule has 2 atom stereocenters. The van der Waals surface area contributed by atoms with E-state index in [1.165, 1.54) is 7.11 Å². The van der Waals surface area contributed by atoms with Crippen LogP contribution in [0.3, 0.4) is 0 Å². The van der Waals surface area contributed by atoms with Gasteiger partial charge in [-0.05, 0) is 36.6 Å². The van der Waals surface area contributed by atoms with Gasteiger partial charge < -0.3 is 15.4 Å². The molecule has 0 aromatic heterocycles. The molecule has 0 fully saturated rings. The summed E-state index contributed by atoms with van der Waals surface area (Å²) < 4.78 is 4.94. The summed E-state index contributed by atoms with van der Waals surface area (Å²) in [4.78, 5) is 14.1. The van der Waals surface area contributed by atoms with E-state index in [1.54, 1.807) is 11.0 Å². The Bertz CT molecular complexity index is 522. The highest BCUT2D eigenvalue weighted by Gasteiger charge is 2.32. The lowest BCUT2D eigenvalue weighted by atomic mass is 9.93. The number of benzene rings is 1. The summed E-state index contributed by atoms with van der Waals surface area (Å²) in [5.41, 5.74) is 7.89. The zero-order valence-electron chi connectivity index (χ0n) is 11.5. The fourth-order valence-corrected chi connectivity index (χ4v) is 3.36. The number of ether oxygens (including phenoxy) is 1. The molecule has 1 aromatic carbocycles. The number of halogens is 2. The fraction of sp³-hybridized carbons (Fsp3) is 0.500. The molecule has 1 aliphatic heterocycles. The van der Waals surface area contributed by atoms with Gasteiger partial charge in [0.1, 0.15) is 6.04 Å². The Kier molecular flexibility index (Phi) is 4.91. The third-order valence-electron chi connectivity index (χ3n) is 3.63. The van der Waals surface area contributed by atoms with Crippen molar-refractivity contribution >= 4 is 29.1 Å². The van der Waals surface area contributed by atoms with Crippen LogP contribution < -0.4 is 5.73 Å². The number of amides is 1. The lowest BCUT2D eigenvalue weighted by molar-refractivity contribution is -0.136. The molecule has 1 aromatic rings. The van der Waals surface area contributed by atoms with Gasteiger partial charge in [0.05, 0.1) is 12.6 Å². The Labute approximate surface area is 128 Å². The molecule has 0 bridgehead atoms. The number of fused-ring (bicyclic) bond motifs is 1. The van der Waals surface area contributed by atoms with E-state index >= 15 is 0 Å². The molecule has 4 nitrogen and oxygen atoms in total. The van der Waals surface area contributed by atoms with Crippen molar-refractivity contribution in [3.05, 3.63) is 33.3 Å². The molecule has 0 aliphatic carbocycles. The monoisotopic (exact) mass is 316 g/mol. The van der Waals surface area contributed by atoms with E-state index in [4.69, 9.17) is 33.7 Å². The Morgan fingerprint density at radius 3 is 2.90 bits per heavy atom. The van der Waals surface area contributed by atoms with E-state index in [-0.39, 0.29) is 18.6 Å². The number of nitrogens with two attached hydrogens (primary N) is 1. The molecule has 110 valence electrons. The Morgan fingerprint density at radius 1 is 1.55 bits per heavy atom. The topological polar surface area (TPSA) is 55.6 Å². The van der Waals surface area contributed by atoms with Gasteiger partial charge >= 0.3 is 0 Å². The molecule has 0 saturated heterocycles. The third kappa shape index (κ3) is 2.93. The van der Waals surface area contributed by atoms with Gasteiger partial charge in [-0.15, -0.1) is 0 Å². The standard InChI is InChI=1S/C14H18Cl2N2O2/c1-8-13-9(5-10(15)6-11(13)16)3-4-18(8)14(19)12(17)7-20-2/h5-6,8,12H,3-4,7,17H2,1-2H3. The minimum Gasteiger partial charge on any atom is -0.383 e. The second-order valence-corrected chi connectivity index (χ2v) is 5.82. The first-order valence-electron chi connectivity index (χ1n) is 6.48. The van der Waals surface area contributed by atoms with Gasteiger partial charge in [0.15, 0.2) is 0 Å². The summed E-state index contributed by atoms with van der Waals surface area (Å²) in [6.45, 7) is 2.78. The number of hydrogen-bond donors (Lipinski definition) is 1. The second-order valence-electron chi connectivity index (χ2n) is 4.98. The molecular formula is C14H18Cl2N2O2. The quantitative estimate of drug-likeness (QED) is 0.931. The number of hydrogen-bond acceptors (Lipinski definition) is 3. The van der Waals surface area contributed by atoms with Gasteiger partial charge in [-0.3, -0.25) is 4.79 Å². The highest BCUT2D eigenvalue weighted by atomic mass is 35.5. The van der Waals surface area contributed by atoms with Crippen molar-refractivity contribution in [3.63, 3.8) is 0 Å². The predicted molar refractivity (Wildman–Crippen MR) is 80.1 cm³/mol. The van der Waals surface area contributed by atoms with Crippen LogP contribution in [0.25, 0.3) is 0 Å². The Morgan fingerprint density at radius 2 is 2.25 bits per heavy atom. The maximum atomic E-state index is 12.3. The number of rotatable bonds is 3. The minimum atomic E-state index is -0.643.